The second-order valence-electron chi connectivity index (χ2n) is 2.26. The van der Waals surface area contributed by atoms with Gasteiger partial charge >= 0.3 is 0 Å². The first-order valence-corrected chi connectivity index (χ1v) is 5.00. The zero-order chi connectivity index (χ0) is 9.24. The predicted molar refractivity (Wildman–Crippen MR) is 37.4 cm³/mol. The van der Waals surface area contributed by atoms with Gasteiger partial charge in [0.15, 0.2) is 0 Å². The third kappa shape index (κ3) is 9.74. The Morgan fingerprint density at radius 2 is 1.55 bits per heavy atom. The number of rotatable bonds is 4. The zero-order valence-corrected chi connectivity index (χ0v) is 6.52. The molecule has 70 valence electrons. The first-order chi connectivity index (χ1) is 4.54. The van der Waals surface area contributed by atoms with Gasteiger partial charge in [0.05, 0.1) is 5.75 Å². The van der Waals surface area contributed by atoms with Gasteiger partial charge in [0.2, 0.25) is 0 Å². The van der Waals surface area contributed by atoms with E-state index < -0.39 is 22.4 Å². The van der Waals surface area contributed by atoms with E-state index in [4.69, 9.17) is 0 Å². The van der Waals surface area contributed by atoms with Crippen LogP contribution in [-0.2, 0) is 0 Å². The highest BCUT2D eigenvalue weighted by Gasteiger charge is 2.62. The minimum atomic E-state index is -9.12. The van der Waals surface area contributed by atoms with Crippen LogP contribution in [0.15, 0.2) is 12.7 Å². The molecule has 0 aromatic carbocycles. The quantitative estimate of drug-likeness (QED) is 0.358. The molecule has 0 aromatic rings. The Morgan fingerprint density at radius 3 is 1.82 bits per heavy atom. The van der Waals surface area contributed by atoms with Gasteiger partial charge in [-0.05, 0) is 12.8 Å². The summed E-state index contributed by atoms with van der Waals surface area (Å²) in [5.74, 6) is -1.98. The van der Waals surface area contributed by atoms with E-state index >= 15 is 0 Å². The summed E-state index contributed by atoms with van der Waals surface area (Å²) in [6.07, 6.45) is 0.566. The van der Waals surface area contributed by atoms with Crippen LogP contribution in [0.2, 0.25) is 0 Å². The third-order valence-corrected chi connectivity index (χ3v) is 2.00. The minimum Gasteiger partial charge on any atom is -0.103 e. The molecule has 6 heteroatoms. The van der Waals surface area contributed by atoms with Crippen LogP contribution < -0.4 is 0 Å². The topological polar surface area (TPSA) is 0 Å². The highest BCUT2D eigenvalue weighted by molar-refractivity contribution is 8.45. The molecule has 11 heavy (non-hydrogen) atoms. The van der Waals surface area contributed by atoms with Gasteiger partial charge in [-0.2, -0.15) is 0 Å². The summed E-state index contributed by atoms with van der Waals surface area (Å²) in [5, 5.41) is 0. The van der Waals surface area contributed by atoms with E-state index in [2.05, 4.69) is 6.58 Å². The van der Waals surface area contributed by atoms with Crippen molar-refractivity contribution in [2.75, 3.05) is 5.75 Å². The molecule has 0 aliphatic carbocycles. The normalized spacial score (nSPS) is 18.6. The summed E-state index contributed by atoms with van der Waals surface area (Å²) in [7, 11) is -9.12. The van der Waals surface area contributed by atoms with Gasteiger partial charge in [-0.25, -0.2) is 0 Å². The van der Waals surface area contributed by atoms with Crippen molar-refractivity contribution in [3.05, 3.63) is 12.7 Å². The lowest BCUT2D eigenvalue weighted by Crippen LogP contribution is -2.10. The summed E-state index contributed by atoms with van der Waals surface area (Å²) in [5.41, 5.74) is 0. The second kappa shape index (κ2) is 2.12. The Labute approximate surface area is 61.8 Å². The molecule has 0 heterocycles. The lowest BCUT2D eigenvalue weighted by molar-refractivity contribution is 0.362. The first-order valence-electron chi connectivity index (χ1n) is 2.88. The van der Waals surface area contributed by atoms with Crippen LogP contribution in [0.1, 0.15) is 12.8 Å². The van der Waals surface area contributed by atoms with Crippen molar-refractivity contribution in [3.63, 3.8) is 0 Å². The fourth-order valence-electron chi connectivity index (χ4n) is 0.500. The fraction of sp³-hybridized carbons (Fsp3) is 0.600. The van der Waals surface area contributed by atoms with Gasteiger partial charge in [-0.1, -0.05) is 25.5 Å². The SMILES string of the molecule is C=CCCCS(F)(F)(F)(F)F. The molecular weight excluding hydrogens is 187 g/mol. The van der Waals surface area contributed by atoms with Crippen LogP contribution in [0.3, 0.4) is 0 Å². The highest BCUT2D eigenvalue weighted by atomic mass is 32.5. The minimum absolute atomic E-state index is 0.0361. The van der Waals surface area contributed by atoms with Crippen LogP contribution in [0.5, 0.6) is 0 Å². The second-order valence-corrected chi connectivity index (χ2v) is 4.93. The molecule has 0 saturated carbocycles. The maximum atomic E-state index is 11.5. The third-order valence-electron chi connectivity index (χ3n) is 0.938. The highest BCUT2D eigenvalue weighted by Crippen LogP contribution is 2.97. The van der Waals surface area contributed by atoms with Gasteiger partial charge in [-0.3, -0.25) is 0 Å². The lowest BCUT2D eigenvalue weighted by atomic mass is 10.3. The molecule has 0 bridgehead atoms. The molecule has 0 spiro atoms. The van der Waals surface area contributed by atoms with Crippen molar-refractivity contribution in [1.82, 2.24) is 0 Å². The maximum absolute atomic E-state index is 11.5. The molecule has 0 atom stereocenters. The summed E-state index contributed by atoms with van der Waals surface area (Å²) in [4.78, 5) is 0. The fourth-order valence-corrected chi connectivity index (χ4v) is 1.21. The van der Waals surface area contributed by atoms with Crippen LogP contribution >= 0.6 is 10.2 Å². The molecule has 0 N–H and O–H groups in total. The average molecular weight is 196 g/mol. The molecule has 0 aromatic heterocycles. The van der Waals surface area contributed by atoms with Crippen molar-refractivity contribution in [1.29, 1.82) is 0 Å². The number of hydrogen-bond acceptors (Lipinski definition) is 0. The number of hydrogen-bond donors (Lipinski definition) is 0. The van der Waals surface area contributed by atoms with Crippen molar-refractivity contribution < 1.29 is 19.4 Å². The van der Waals surface area contributed by atoms with Crippen molar-refractivity contribution in [2.24, 2.45) is 0 Å². The maximum Gasteiger partial charge on any atom is 0.285 e. The molecule has 0 unspecified atom stereocenters. The van der Waals surface area contributed by atoms with Crippen molar-refractivity contribution >= 4 is 10.2 Å². The molecule has 0 aliphatic heterocycles. The zero-order valence-electron chi connectivity index (χ0n) is 5.70. The van der Waals surface area contributed by atoms with E-state index in [0.29, 0.717) is 0 Å². The Balaban J connectivity index is 4.04. The van der Waals surface area contributed by atoms with Gasteiger partial charge in [-0.15, -0.1) is 6.58 Å². The van der Waals surface area contributed by atoms with Gasteiger partial charge in [0.1, 0.15) is 0 Å². The van der Waals surface area contributed by atoms with Gasteiger partial charge in [0, 0.05) is 0 Å². The molecule has 0 fully saturated rings. The van der Waals surface area contributed by atoms with E-state index in [1.165, 1.54) is 6.08 Å². The molecule has 0 nitrogen and oxygen atoms in total. The van der Waals surface area contributed by atoms with E-state index in [0.717, 1.165) is 0 Å². The standard InChI is InChI=1S/C5H9F5S/c1-2-3-4-5-11(6,7,8,9)10/h2H,1,3-5H2. The largest absolute Gasteiger partial charge is 0.285 e. The molecule has 0 amide bonds. The van der Waals surface area contributed by atoms with Crippen LogP contribution in [0, 0.1) is 0 Å². The lowest BCUT2D eigenvalue weighted by Gasteiger charge is -2.40. The number of unbranched alkanes of at least 4 members (excludes halogenated alkanes) is 1. The van der Waals surface area contributed by atoms with E-state index in [1.54, 1.807) is 0 Å². The summed E-state index contributed by atoms with van der Waals surface area (Å²) < 4.78 is 57.5. The number of halogens is 5. The Bertz CT molecular complexity index is 152. The first kappa shape index (κ1) is 10.7. The van der Waals surface area contributed by atoms with Crippen LogP contribution in [-0.4, -0.2) is 5.75 Å². The summed E-state index contributed by atoms with van der Waals surface area (Å²) in [6.45, 7) is 3.13. The van der Waals surface area contributed by atoms with E-state index in [1.807, 2.05) is 0 Å². The molecule has 0 saturated heterocycles. The van der Waals surface area contributed by atoms with E-state index in [-0.39, 0.29) is 6.42 Å². The number of allylic oxidation sites excluding steroid dienone is 1. The molecule has 0 radical (unpaired) electrons. The monoisotopic (exact) mass is 196 g/mol. The molecular formula is C5H9F5S. The predicted octanol–water partition coefficient (Wildman–Crippen LogP) is 4.25. The van der Waals surface area contributed by atoms with Crippen LogP contribution in [0.25, 0.3) is 0 Å². The Morgan fingerprint density at radius 1 is 1.09 bits per heavy atom. The summed E-state index contributed by atoms with van der Waals surface area (Å²) >= 11 is 0. The Hall–Kier alpha value is -0.260. The molecule has 0 aliphatic rings. The van der Waals surface area contributed by atoms with E-state index in [9.17, 15) is 19.4 Å². The molecule has 0 rings (SSSR count). The van der Waals surface area contributed by atoms with Crippen LogP contribution in [0.4, 0.5) is 19.4 Å². The Kier molecular flexibility index (Phi) is 2.07. The van der Waals surface area contributed by atoms with Gasteiger partial charge < -0.3 is 0 Å². The summed E-state index contributed by atoms with van der Waals surface area (Å²) in [6, 6.07) is 0. The smallest absolute Gasteiger partial charge is 0.103 e. The van der Waals surface area contributed by atoms with Crippen molar-refractivity contribution in [2.45, 2.75) is 12.8 Å². The average Bonchev–Trinajstić information content (AvgIpc) is 1.59. The van der Waals surface area contributed by atoms with Gasteiger partial charge in [0.25, 0.3) is 10.2 Å². The van der Waals surface area contributed by atoms with Crippen molar-refractivity contribution in [3.8, 4) is 0 Å².